The lowest BCUT2D eigenvalue weighted by molar-refractivity contribution is -0.127. The van der Waals surface area contributed by atoms with Crippen LogP contribution in [0.15, 0.2) is 12.2 Å². The quantitative estimate of drug-likeness (QED) is 0.333. The predicted molar refractivity (Wildman–Crippen MR) is 77.0 cm³/mol. The molecule has 4 nitrogen and oxygen atoms in total. The molecule has 1 aliphatic carbocycles. The van der Waals surface area contributed by atoms with Gasteiger partial charge in [-0.15, -0.1) is 0 Å². The first-order chi connectivity index (χ1) is 8.33. The number of halogens is 1. The fourth-order valence-corrected chi connectivity index (χ4v) is 2.06. The van der Waals surface area contributed by atoms with Crippen molar-refractivity contribution in [1.82, 2.24) is 8.85 Å². The van der Waals surface area contributed by atoms with Crippen molar-refractivity contribution >= 4 is 28.8 Å². The molecule has 0 unspecified atom stereocenters. The fourth-order valence-electron chi connectivity index (χ4n) is 1.79. The smallest absolute Gasteiger partial charge is 0.246 e. The molecule has 0 spiro atoms. The highest BCUT2D eigenvalue weighted by molar-refractivity contribution is 14.1. The van der Waals surface area contributed by atoms with Crippen molar-refractivity contribution in [2.45, 2.75) is 38.2 Å². The zero-order valence-corrected chi connectivity index (χ0v) is 12.2. The van der Waals surface area contributed by atoms with Gasteiger partial charge in [0.1, 0.15) is 6.61 Å². The second kappa shape index (κ2) is 9.85. The van der Waals surface area contributed by atoms with E-state index in [2.05, 4.69) is 43.9 Å². The van der Waals surface area contributed by atoms with E-state index in [4.69, 9.17) is 4.74 Å². The zero-order valence-electron chi connectivity index (χ0n) is 10.1. The highest BCUT2D eigenvalue weighted by Crippen LogP contribution is 2.15. The van der Waals surface area contributed by atoms with E-state index in [0.717, 1.165) is 38.6 Å². The molecule has 1 aliphatic rings. The number of hydrogen-bond acceptors (Lipinski definition) is 3. The van der Waals surface area contributed by atoms with Crippen LogP contribution in [-0.2, 0) is 9.53 Å². The monoisotopic (exact) mass is 352 g/mol. The molecule has 17 heavy (non-hydrogen) atoms. The van der Waals surface area contributed by atoms with Crippen molar-refractivity contribution in [3.05, 3.63) is 12.2 Å². The molecule has 98 valence electrons. The first-order valence-electron chi connectivity index (χ1n) is 6.19. The first kappa shape index (κ1) is 14.9. The largest absolute Gasteiger partial charge is 0.368 e. The van der Waals surface area contributed by atoms with Gasteiger partial charge in [-0.05, 0) is 32.1 Å². The minimum Gasteiger partial charge on any atom is -0.368 e. The summed E-state index contributed by atoms with van der Waals surface area (Å²) in [5.41, 5.74) is 0. The standard InChI is InChI=1S/C12H21IN2O2/c13-15-9-8-14-12(16)10-17-11-6-4-2-1-3-5-7-11/h1-2,11,15H,3-10H2,(H,14,16)/b2-1+/t11-/m0/s1. The lowest BCUT2D eigenvalue weighted by Gasteiger charge is -2.18. The molecular weight excluding hydrogens is 331 g/mol. The Morgan fingerprint density at radius 1 is 1.29 bits per heavy atom. The second-order valence-electron chi connectivity index (χ2n) is 4.15. The van der Waals surface area contributed by atoms with Gasteiger partial charge in [-0.25, -0.2) is 0 Å². The third-order valence-corrected chi connectivity index (χ3v) is 3.25. The molecule has 0 aromatic heterocycles. The summed E-state index contributed by atoms with van der Waals surface area (Å²) in [4.78, 5) is 11.4. The Bertz CT molecular complexity index is 247. The molecular formula is C12H21IN2O2. The molecule has 0 radical (unpaired) electrons. The molecule has 0 heterocycles. The third-order valence-electron chi connectivity index (χ3n) is 2.71. The van der Waals surface area contributed by atoms with E-state index in [-0.39, 0.29) is 18.6 Å². The summed E-state index contributed by atoms with van der Waals surface area (Å²) in [5.74, 6) is -0.0192. The van der Waals surface area contributed by atoms with Crippen molar-refractivity contribution in [3.8, 4) is 0 Å². The van der Waals surface area contributed by atoms with Crippen LogP contribution in [0.25, 0.3) is 0 Å². The van der Waals surface area contributed by atoms with Crippen LogP contribution >= 0.6 is 22.9 Å². The van der Waals surface area contributed by atoms with Crippen LogP contribution in [0, 0.1) is 0 Å². The Labute approximate surface area is 117 Å². The molecule has 1 atom stereocenters. The lowest BCUT2D eigenvalue weighted by Crippen LogP contribution is -2.33. The maximum absolute atomic E-state index is 11.4. The van der Waals surface area contributed by atoms with E-state index in [0.29, 0.717) is 6.54 Å². The first-order valence-corrected chi connectivity index (χ1v) is 7.27. The highest BCUT2D eigenvalue weighted by Gasteiger charge is 2.11. The van der Waals surface area contributed by atoms with Gasteiger partial charge in [-0.3, -0.25) is 8.32 Å². The van der Waals surface area contributed by atoms with Gasteiger partial charge in [0.15, 0.2) is 0 Å². The Balaban J connectivity index is 2.11. The van der Waals surface area contributed by atoms with Gasteiger partial charge in [0.05, 0.1) is 6.10 Å². The van der Waals surface area contributed by atoms with Gasteiger partial charge in [0.2, 0.25) is 5.91 Å². The fraction of sp³-hybridized carbons (Fsp3) is 0.750. The molecule has 0 aromatic carbocycles. The van der Waals surface area contributed by atoms with Gasteiger partial charge >= 0.3 is 0 Å². The molecule has 0 aromatic rings. The average Bonchev–Trinajstić information content (AvgIpc) is 2.28. The van der Waals surface area contributed by atoms with Crippen LogP contribution < -0.4 is 8.85 Å². The number of ether oxygens (including phenoxy) is 1. The Morgan fingerprint density at radius 3 is 2.94 bits per heavy atom. The van der Waals surface area contributed by atoms with E-state index < -0.39 is 0 Å². The summed E-state index contributed by atoms with van der Waals surface area (Å²) < 4.78 is 8.59. The van der Waals surface area contributed by atoms with E-state index in [1.54, 1.807) is 0 Å². The van der Waals surface area contributed by atoms with Gasteiger partial charge < -0.3 is 10.1 Å². The van der Waals surface area contributed by atoms with E-state index in [1.807, 2.05) is 0 Å². The SMILES string of the molecule is O=C(CO[C@H]1CC/C=C/CCC1)NCCNI. The average molecular weight is 352 g/mol. The molecule has 2 N–H and O–H groups in total. The second-order valence-corrected chi connectivity index (χ2v) is 4.91. The number of carbonyl (C=O) groups excluding carboxylic acids is 1. The maximum Gasteiger partial charge on any atom is 0.246 e. The van der Waals surface area contributed by atoms with Crippen molar-refractivity contribution in [1.29, 1.82) is 0 Å². The summed E-state index contributed by atoms with van der Waals surface area (Å²) in [5, 5.41) is 2.81. The number of allylic oxidation sites excluding steroid dienone is 2. The van der Waals surface area contributed by atoms with Gasteiger partial charge in [-0.1, -0.05) is 12.2 Å². The predicted octanol–water partition coefficient (Wildman–Crippen LogP) is 1.95. The van der Waals surface area contributed by atoms with Crippen LogP contribution in [0.3, 0.4) is 0 Å². The van der Waals surface area contributed by atoms with Crippen LogP contribution in [0.4, 0.5) is 0 Å². The maximum atomic E-state index is 11.4. The van der Waals surface area contributed by atoms with Crippen LogP contribution in [-0.4, -0.2) is 31.7 Å². The van der Waals surface area contributed by atoms with Crippen molar-refractivity contribution in [3.63, 3.8) is 0 Å². The number of carbonyl (C=O) groups is 1. The molecule has 5 heteroatoms. The molecule has 1 rings (SSSR count). The molecule has 0 fully saturated rings. The summed E-state index contributed by atoms with van der Waals surface area (Å²) in [6, 6.07) is 0. The van der Waals surface area contributed by atoms with Crippen molar-refractivity contribution in [2.75, 3.05) is 19.7 Å². The van der Waals surface area contributed by atoms with Crippen LogP contribution in [0.2, 0.25) is 0 Å². The minimum absolute atomic E-state index is 0.0192. The molecule has 0 saturated carbocycles. The van der Waals surface area contributed by atoms with Crippen molar-refractivity contribution in [2.24, 2.45) is 0 Å². The van der Waals surface area contributed by atoms with Crippen LogP contribution in [0.5, 0.6) is 0 Å². The molecule has 0 bridgehead atoms. The Kier molecular flexibility index (Phi) is 8.64. The number of amides is 1. The zero-order chi connectivity index (χ0) is 12.3. The lowest BCUT2D eigenvalue weighted by atomic mass is 10.0. The van der Waals surface area contributed by atoms with E-state index >= 15 is 0 Å². The number of hydrogen-bond donors (Lipinski definition) is 2. The summed E-state index contributed by atoms with van der Waals surface area (Å²) in [6.07, 6.45) is 10.1. The molecule has 1 amide bonds. The molecule has 0 saturated heterocycles. The number of nitrogens with one attached hydrogen (secondary N) is 2. The summed E-state index contributed by atoms with van der Waals surface area (Å²) >= 11 is 2.06. The normalized spacial score (nSPS) is 22.5. The van der Waals surface area contributed by atoms with Gasteiger partial charge in [-0.2, -0.15) is 0 Å². The van der Waals surface area contributed by atoms with Crippen LogP contribution in [0.1, 0.15) is 32.1 Å². The Hall–Kier alpha value is -0.140. The van der Waals surface area contributed by atoms with E-state index in [9.17, 15) is 4.79 Å². The molecule has 0 aliphatic heterocycles. The number of rotatable bonds is 6. The summed E-state index contributed by atoms with van der Waals surface area (Å²) in [7, 11) is 0. The third kappa shape index (κ3) is 7.72. The van der Waals surface area contributed by atoms with Gasteiger partial charge in [0.25, 0.3) is 0 Å². The van der Waals surface area contributed by atoms with Crippen molar-refractivity contribution < 1.29 is 9.53 Å². The minimum atomic E-state index is -0.0192. The highest BCUT2D eigenvalue weighted by atomic mass is 127. The van der Waals surface area contributed by atoms with Gasteiger partial charge in [0, 0.05) is 36.0 Å². The van der Waals surface area contributed by atoms with E-state index in [1.165, 1.54) is 0 Å². The Morgan fingerprint density at radius 2 is 2.12 bits per heavy atom. The topological polar surface area (TPSA) is 50.4 Å². The summed E-state index contributed by atoms with van der Waals surface area (Å²) in [6.45, 7) is 1.62.